The average molecular weight is 530 g/mol. The molecule has 8 heteroatoms. The minimum absolute atomic E-state index is 0.000357. The van der Waals surface area contributed by atoms with Gasteiger partial charge in [0.15, 0.2) is 11.0 Å². The molecule has 0 aliphatic carbocycles. The number of rotatable bonds is 6. The molecule has 35 heavy (non-hydrogen) atoms. The van der Waals surface area contributed by atoms with Gasteiger partial charge in [0.25, 0.3) is 13.9 Å². The van der Waals surface area contributed by atoms with Crippen molar-refractivity contribution in [2.45, 2.75) is 39.2 Å². The Hall–Kier alpha value is -2.51. The zero-order valence-corrected chi connectivity index (χ0v) is 22.6. The van der Waals surface area contributed by atoms with Crippen LogP contribution in [0.15, 0.2) is 65.5 Å². The van der Waals surface area contributed by atoms with Gasteiger partial charge < -0.3 is 9.41 Å². The fraction of sp³-hybridized carbons (Fsp3) is 0.259. The van der Waals surface area contributed by atoms with Crippen LogP contribution in [0.1, 0.15) is 32.0 Å². The van der Waals surface area contributed by atoms with Crippen molar-refractivity contribution in [1.29, 1.82) is 0 Å². The van der Waals surface area contributed by atoms with Crippen LogP contribution in [0.3, 0.4) is 0 Å². The summed E-state index contributed by atoms with van der Waals surface area (Å²) in [7, 11) is -2.76. The molecule has 0 aliphatic rings. The molecule has 0 fully saturated rings. The van der Waals surface area contributed by atoms with Gasteiger partial charge >= 0.3 is 0 Å². The second-order valence-electron chi connectivity index (χ2n) is 9.58. The van der Waals surface area contributed by atoms with Crippen molar-refractivity contribution >= 4 is 52.7 Å². The third-order valence-corrected chi connectivity index (χ3v) is 12.0. The predicted octanol–water partition coefficient (Wildman–Crippen LogP) is 5.80. The maximum absolute atomic E-state index is 15.1. The van der Waals surface area contributed by atoms with Crippen LogP contribution in [0.4, 0.5) is 4.39 Å². The molecule has 0 atom stereocenters. The molecule has 0 unspecified atom stereocenters. The van der Waals surface area contributed by atoms with Gasteiger partial charge in [0, 0.05) is 17.7 Å². The Morgan fingerprint density at radius 3 is 2.00 bits per heavy atom. The van der Waals surface area contributed by atoms with Crippen LogP contribution in [-0.4, -0.2) is 24.9 Å². The van der Waals surface area contributed by atoms with Crippen LogP contribution < -0.4 is 15.9 Å². The number of aromatic nitrogens is 2. The van der Waals surface area contributed by atoms with Crippen molar-refractivity contribution in [2.75, 3.05) is 6.61 Å². The van der Waals surface area contributed by atoms with E-state index >= 15 is 4.39 Å². The zero-order chi connectivity index (χ0) is 25.4. The van der Waals surface area contributed by atoms with Gasteiger partial charge in [-0.25, -0.2) is 9.37 Å². The fourth-order valence-corrected chi connectivity index (χ4v) is 9.92. The third kappa shape index (κ3) is 4.56. The van der Waals surface area contributed by atoms with Crippen LogP contribution in [0, 0.1) is 12.7 Å². The highest BCUT2D eigenvalue weighted by molar-refractivity contribution is 6.99. The number of hydrogen-bond acceptors (Lipinski definition) is 3. The fourth-order valence-electron chi connectivity index (χ4n) is 4.87. The van der Waals surface area contributed by atoms with Gasteiger partial charge in [-0.3, -0.25) is 4.79 Å². The zero-order valence-electron chi connectivity index (χ0n) is 20.1. The Morgan fingerprint density at radius 2 is 1.49 bits per heavy atom. The van der Waals surface area contributed by atoms with E-state index in [0.717, 1.165) is 10.4 Å². The van der Waals surface area contributed by atoms with Gasteiger partial charge in [0.1, 0.15) is 5.15 Å². The Labute approximate surface area is 215 Å². The van der Waals surface area contributed by atoms with Crippen molar-refractivity contribution < 1.29 is 8.82 Å². The molecular weight excluding hydrogens is 502 g/mol. The molecule has 0 spiro atoms. The Bertz CT molecular complexity index is 1380. The van der Waals surface area contributed by atoms with Crippen LogP contribution in [0.2, 0.25) is 15.3 Å². The quantitative estimate of drug-likeness (QED) is 0.254. The molecule has 2 aromatic carbocycles. The van der Waals surface area contributed by atoms with Gasteiger partial charge in [-0.1, -0.05) is 105 Å². The molecule has 182 valence electrons. The Kier molecular flexibility index (Phi) is 7.20. The second kappa shape index (κ2) is 9.86. The maximum Gasteiger partial charge on any atom is 0.261 e. The lowest BCUT2D eigenvalue weighted by atomic mass is 10.0. The lowest BCUT2D eigenvalue weighted by Crippen LogP contribution is -2.66. The molecule has 0 aliphatic heterocycles. The normalized spacial score (nSPS) is 12.3. The summed E-state index contributed by atoms with van der Waals surface area (Å²) in [6.07, 6.45) is 0.358. The number of H-pyrrole nitrogens is 1. The average Bonchev–Trinajstić information content (AvgIpc) is 2.81. The number of nitrogens with zero attached hydrogens (tertiary/aromatic N) is 1. The lowest BCUT2D eigenvalue weighted by Gasteiger charge is -2.43. The van der Waals surface area contributed by atoms with Gasteiger partial charge in [-0.05, 0) is 34.3 Å². The molecule has 1 N–H and O–H groups in total. The number of fused-ring (bicyclic) bond motifs is 1. The third-order valence-electron chi connectivity index (χ3n) is 6.42. The Balaban J connectivity index is 1.82. The smallest absolute Gasteiger partial charge is 0.261 e. The van der Waals surface area contributed by atoms with Crippen molar-refractivity contribution in [3.8, 4) is 0 Å². The van der Waals surface area contributed by atoms with E-state index in [0.29, 0.717) is 24.3 Å². The molecule has 0 bridgehead atoms. The van der Waals surface area contributed by atoms with Crippen molar-refractivity contribution in [3.05, 3.63) is 98.4 Å². The first-order valence-corrected chi connectivity index (χ1v) is 14.1. The summed E-state index contributed by atoms with van der Waals surface area (Å²) in [5, 5.41) is 1.73. The molecule has 0 saturated heterocycles. The molecule has 4 aromatic rings. The number of aryl methyl sites for hydroxylation is 1. The van der Waals surface area contributed by atoms with Gasteiger partial charge in [0.05, 0.1) is 5.39 Å². The molecule has 0 radical (unpaired) electrons. The van der Waals surface area contributed by atoms with E-state index in [1.807, 2.05) is 36.4 Å². The maximum atomic E-state index is 15.1. The molecule has 4 rings (SSSR count). The lowest BCUT2D eigenvalue weighted by molar-refractivity contribution is 0.302. The van der Waals surface area contributed by atoms with Crippen LogP contribution in [-0.2, 0) is 10.8 Å². The van der Waals surface area contributed by atoms with E-state index < -0.39 is 19.7 Å². The summed E-state index contributed by atoms with van der Waals surface area (Å²) in [6, 6.07) is 20.6. The largest absolute Gasteiger partial charge is 0.407 e. The highest BCUT2D eigenvalue weighted by Gasteiger charge is 2.50. The molecule has 0 amide bonds. The number of aromatic amines is 1. The van der Waals surface area contributed by atoms with E-state index in [1.54, 1.807) is 6.92 Å². The Morgan fingerprint density at radius 1 is 0.943 bits per heavy atom. The van der Waals surface area contributed by atoms with Crippen molar-refractivity contribution in [3.63, 3.8) is 0 Å². The second-order valence-corrected chi connectivity index (χ2v) is 14.6. The van der Waals surface area contributed by atoms with Crippen LogP contribution >= 0.6 is 23.2 Å². The SMILES string of the molecule is Cc1[nH]c(=O)c2c(Cl)nc(Cl)c(F)c2c1CCO[Si](c1ccccc1)(c1ccccc1)C(C)(C)C. The minimum atomic E-state index is -2.76. The van der Waals surface area contributed by atoms with Gasteiger partial charge in [-0.2, -0.15) is 0 Å². The number of nitrogens with one attached hydrogen (secondary N) is 1. The predicted molar refractivity (Wildman–Crippen MR) is 144 cm³/mol. The van der Waals surface area contributed by atoms with E-state index in [2.05, 4.69) is 55.0 Å². The molecular formula is C27H27Cl2FN2O2Si. The summed E-state index contributed by atoms with van der Waals surface area (Å²) < 4.78 is 22.1. The van der Waals surface area contributed by atoms with Gasteiger partial charge in [0.2, 0.25) is 0 Å². The van der Waals surface area contributed by atoms with E-state index in [9.17, 15) is 4.79 Å². The topological polar surface area (TPSA) is 55.0 Å². The van der Waals surface area contributed by atoms with Crippen molar-refractivity contribution in [2.24, 2.45) is 0 Å². The molecule has 2 heterocycles. The number of hydrogen-bond donors (Lipinski definition) is 1. The summed E-state index contributed by atoms with van der Waals surface area (Å²) >= 11 is 12.2. The minimum Gasteiger partial charge on any atom is -0.407 e. The van der Waals surface area contributed by atoms with E-state index in [1.165, 1.54) is 0 Å². The molecule has 0 saturated carbocycles. The van der Waals surface area contributed by atoms with Crippen LogP contribution in [0.5, 0.6) is 0 Å². The van der Waals surface area contributed by atoms with E-state index in [4.69, 9.17) is 27.6 Å². The van der Waals surface area contributed by atoms with Crippen molar-refractivity contribution in [1.82, 2.24) is 9.97 Å². The highest BCUT2D eigenvalue weighted by Crippen LogP contribution is 2.37. The first-order valence-electron chi connectivity index (χ1n) is 11.4. The first kappa shape index (κ1) is 25.6. The number of halogens is 3. The van der Waals surface area contributed by atoms with Crippen LogP contribution in [0.25, 0.3) is 10.8 Å². The summed E-state index contributed by atoms with van der Waals surface area (Å²) in [5.41, 5.74) is 0.647. The standard InChI is InChI=1S/C27H27Cl2FN2O2Si/c1-17-20(21-22(26(33)31-17)24(28)32-25(29)23(21)30)15-16-34-35(27(2,3)4,18-11-7-5-8-12-18)19-13-9-6-10-14-19/h5-14H,15-16H2,1-4H3,(H,31,33). The molecule has 2 aromatic heterocycles. The summed E-state index contributed by atoms with van der Waals surface area (Å²) in [4.78, 5) is 19.1. The monoisotopic (exact) mass is 528 g/mol. The molecule has 4 nitrogen and oxygen atoms in total. The van der Waals surface area contributed by atoms with E-state index in [-0.39, 0.29) is 26.1 Å². The summed E-state index contributed by atoms with van der Waals surface area (Å²) in [5.74, 6) is -0.749. The van der Waals surface area contributed by atoms with Gasteiger partial charge in [-0.15, -0.1) is 0 Å². The summed E-state index contributed by atoms with van der Waals surface area (Å²) in [6.45, 7) is 8.65. The number of pyridine rings is 2. The number of benzene rings is 2. The first-order chi connectivity index (χ1) is 16.6. The highest BCUT2D eigenvalue weighted by atomic mass is 35.5.